The predicted molar refractivity (Wildman–Crippen MR) is 76.3 cm³/mol. The van der Waals surface area contributed by atoms with E-state index in [0.717, 1.165) is 0 Å². The standard InChI is InChI=1S/C13H10ClN3OS/c14-9-6-7-12-11(8-9)16-13(15)17-19(12,18)10-4-2-1-3-5-10/h1-8H,(H2,15,16,17,18). The molecule has 2 aromatic carbocycles. The summed E-state index contributed by atoms with van der Waals surface area (Å²) < 4.78 is 17.2. The van der Waals surface area contributed by atoms with Gasteiger partial charge < -0.3 is 5.73 Å². The Morgan fingerprint density at radius 3 is 2.58 bits per heavy atom. The number of fused-ring (bicyclic) bond motifs is 1. The number of halogens is 1. The lowest BCUT2D eigenvalue weighted by molar-refractivity contribution is 0.676. The van der Waals surface area contributed by atoms with E-state index in [0.29, 0.717) is 20.5 Å². The first-order valence-electron chi connectivity index (χ1n) is 5.55. The zero-order valence-electron chi connectivity index (χ0n) is 9.79. The Labute approximate surface area is 116 Å². The number of hydrogen-bond acceptors (Lipinski definition) is 4. The summed E-state index contributed by atoms with van der Waals surface area (Å²) in [5.41, 5.74) is 6.18. The number of nitrogens with two attached hydrogens (primary N) is 1. The summed E-state index contributed by atoms with van der Waals surface area (Å²) in [6.45, 7) is 0. The van der Waals surface area contributed by atoms with Gasteiger partial charge >= 0.3 is 0 Å². The van der Waals surface area contributed by atoms with Crippen molar-refractivity contribution in [2.45, 2.75) is 9.79 Å². The molecule has 2 N–H and O–H groups in total. The van der Waals surface area contributed by atoms with Crippen molar-refractivity contribution in [2.24, 2.45) is 15.1 Å². The number of nitrogens with zero attached hydrogens (tertiary/aromatic N) is 2. The Morgan fingerprint density at radius 2 is 1.84 bits per heavy atom. The van der Waals surface area contributed by atoms with Gasteiger partial charge in [-0.05, 0) is 30.3 Å². The van der Waals surface area contributed by atoms with E-state index in [1.165, 1.54) is 0 Å². The van der Waals surface area contributed by atoms with Crippen molar-refractivity contribution in [1.82, 2.24) is 0 Å². The largest absolute Gasteiger partial charge is 0.367 e. The summed E-state index contributed by atoms with van der Waals surface area (Å²) in [5, 5.41) is 0.520. The average molecular weight is 292 g/mol. The molecule has 19 heavy (non-hydrogen) atoms. The molecule has 0 amide bonds. The first kappa shape index (κ1) is 12.2. The van der Waals surface area contributed by atoms with Gasteiger partial charge in [-0.15, -0.1) is 0 Å². The van der Waals surface area contributed by atoms with Gasteiger partial charge in [0.2, 0.25) is 5.96 Å². The van der Waals surface area contributed by atoms with E-state index in [2.05, 4.69) is 9.36 Å². The first-order chi connectivity index (χ1) is 9.09. The molecule has 1 unspecified atom stereocenters. The number of aliphatic imine (C=N–C) groups is 1. The van der Waals surface area contributed by atoms with Crippen LogP contribution in [-0.2, 0) is 9.73 Å². The van der Waals surface area contributed by atoms with E-state index in [1.54, 1.807) is 30.3 Å². The summed E-state index contributed by atoms with van der Waals surface area (Å²) in [7, 11) is -2.78. The smallest absolute Gasteiger partial charge is 0.229 e. The van der Waals surface area contributed by atoms with E-state index in [4.69, 9.17) is 17.3 Å². The first-order valence-corrected chi connectivity index (χ1v) is 7.45. The van der Waals surface area contributed by atoms with Crippen molar-refractivity contribution in [3.63, 3.8) is 0 Å². The van der Waals surface area contributed by atoms with E-state index < -0.39 is 9.73 Å². The highest BCUT2D eigenvalue weighted by molar-refractivity contribution is 7.94. The summed E-state index contributed by atoms with van der Waals surface area (Å²) in [5.74, 6) is 0.00335. The fourth-order valence-corrected chi connectivity index (χ4v) is 4.02. The minimum atomic E-state index is -2.78. The molecule has 6 heteroatoms. The molecule has 1 heterocycles. The second-order valence-corrected chi connectivity index (χ2v) is 6.59. The maximum absolute atomic E-state index is 13.2. The maximum atomic E-state index is 13.2. The monoisotopic (exact) mass is 291 g/mol. The SMILES string of the molecule is NC1=Nc2cc(Cl)ccc2S(=O)(c2ccccc2)=N1. The highest BCUT2D eigenvalue weighted by Crippen LogP contribution is 2.36. The molecule has 1 atom stereocenters. The van der Waals surface area contributed by atoms with Crippen molar-refractivity contribution >= 4 is 33.0 Å². The highest BCUT2D eigenvalue weighted by Gasteiger charge is 2.23. The van der Waals surface area contributed by atoms with Gasteiger partial charge in [0.05, 0.1) is 15.5 Å². The number of hydrogen-bond donors (Lipinski definition) is 1. The van der Waals surface area contributed by atoms with Crippen LogP contribution in [0.1, 0.15) is 0 Å². The summed E-state index contributed by atoms with van der Waals surface area (Å²) in [6, 6.07) is 14.0. The Morgan fingerprint density at radius 1 is 1.11 bits per heavy atom. The molecule has 0 bridgehead atoms. The molecule has 0 saturated heterocycles. The molecule has 0 aliphatic carbocycles. The van der Waals surface area contributed by atoms with Gasteiger partial charge in [0.15, 0.2) is 0 Å². The van der Waals surface area contributed by atoms with Crippen LogP contribution in [-0.4, -0.2) is 10.2 Å². The van der Waals surface area contributed by atoms with Crippen molar-refractivity contribution in [3.8, 4) is 0 Å². The van der Waals surface area contributed by atoms with Gasteiger partial charge in [-0.2, -0.15) is 4.36 Å². The Hall–Kier alpha value is -1.85. The third-order valence-corrected chi connectivity index (χ3v) is 5.27. The molecular weight excluding hydrogens is 282 g/mol. The maximum Gasteiger partial charge on any atom is 0.229 e. The van der Waals surface area contributed by atoms with E-state index in [9.17, 15) is 4.21 Å². The third kappa shape index (κ3) is 2.01. The highest BCUT2D eigenvalue weighted by atomic mass is 35.5. The van der Waals surface area contributed by atoms with Crippen molar-refractivity contribution < 1.29 is 4.21 Å². The van der Waals surface area contributed by atoms with Crippen LogP contribution in [0.25, 0.3) is 0 Å². The van der Waals surface area contributed by atoms with Gasteiger partial charge in [-0.3, -0.25) is 0 Å². The average Bonchev–Trinajstić information content (AvgIpc) is 2.39. The molecule has 1 aliphatic rings. The van der Waals surface area contributed by atoms with Crippen LogP contribution in [0.2, 0.25) is 5.02 Å². The van der Waals surface area contributed by atoms with Gasteiger partial charge in [-0.25, -0.2) is 9.20 Å². The van der Waals surface area contributed by atoms with Crippen LogP contribution in [0, 0.1) is 0 Å². The normalized spacial score (nSPS) is 21.2. The van der Waals surface area contributed by atoms with Crippen LogP contribution in [0.15, 0.2) is 67.7 Å². The predicted octanol–water partition coefficient (Wildman–Crippen LogP) is 3.19. The molecule has 4 nitrogen and oxygen atoms in total. The van der Waals surface area contributed by atoms with Crippen molar-refractivity contribution in [3.05, 3.63) is 53.6 Å². The number of benzene rings is 2. The van der Waals surface area contributed by atoms with E-state index in [-0.39, 0.29) is 5.96 Å². The molecule has 2 aromatic rings. The molecule has 0 fully saturated rings. The lowest BCUT2D eigenvalue weighted by Crippen LogP contribution is -2.16. The zero-order valence-corrected chi connectivity index (χ0v) is 11.4. The topological polar surface area (TPSA) is 67.8 Å². The minimum absolute atomic E-state index is 0.00335. The summed E-state index contributed by atoms with van der Waals surface area (Å²) in [4.78, 5) is 5.24. The quantitative estimate of drug-likeness (QED) is 0.877. The van der Waals surface area contributed by atoms with E-state index in [1.807, 2.05) is 18.2 Å². The molecule has 1 aliphatic heterocycles. The molecule has 3 rings (SSSR count). The molecule has 0 radical (unpaired) electrons. The van der Waals surface area contributed by atoms with Gasteiger partial charge in [0.1, 0.15) is 9.73 Å². The second kappa shape index (κ2) is 4.36. The fourth-order valence-electron chi connectivity index (χ4n) is 1.92. The Bertz CT molecular complexity index is 793. The third-order valence-electron chi connectivity index (χ3n) is 2.74. The van der Waals surface area contributed by atoms with E-state index >= 15 is 0 Å². The minimum Gasteiger partial charge on any atom is -0.367 e. The second-order valence-electron chi connectivity index (χ2n) is 4.01. The molecule has 0 saturated carbocycles. The summed E-state index contributed by atoms with van der Waals surface area (Å²) in [6.07, 6.45) is 0. The Kier molecular flexibility index (Phi) is 2.80. The van der Waals surface area contributed by atoms with Gasteiger partial charge in [0.25, 0.3) is 0 Å². The summed E-state index contributed by atoms with van der Waals surface area (Å²) >= 11 is 5.93. The van der Waals surface area contributed by atoms with Crippen LogP contribution in [0.5, 0.6) is 0 Å². The lowest BCUT2D eigenvalue weighted by atomic mass is 10.3. The van der Waals surface area contributed by atoms with Crippen LogP contribution in [0.3, 0.4) is 0 Å². The molecule has 96 valence electrons. The molecular formula is C13H10ClN3OS. The van der Waals surface area contributed by atoms with Crippen LogP contribution in [0.4, 0.5) is 5.69 Å². The number of rotatable bonds is 1. The number of guanidine groups is 1. The van der Waals surface area contributed by atoms with Crippen LogP contribution >= 0.6 is 11.6 Å². The van der Waals surface area contributed by atoms with Gasteiger partial charge in [-0.1, -0.05) is 29.8 Å². The van der Waals surface area contributed by atoms with Crippen molar-refractivity contribution in [1.29, 1.82) is 0 Å². The molecule has 0 aromatic heterocycles. The zero-order chi connectivity index (χ0) is 13.5. The Balaban J connectivity index is 2.35. The van der Waals surface area contributed by atoms with Gasteiger partial charge in [0, 0.05) is 5.02 Å². The molecule has 0 spiro atoms. The van der Waals surface area contributed by atoms with Crippen LogP contribution < -0.4 is 5.73 Å². The lowest BCUT2D eigenvalue weighted by Gasteiger charge is -2.16. The fraction of sp³-hybridized carbons (Fsp3) is 0. The van der Waals surface area contributed by atoms with Crippen molar-refractivity contribution in [2.75, 3.05) is 0 Å².